The van der Waals surface area contributed by atoms with Gasteiger partial charge in [0.05, 0.1) is 11.3 Å². The Morgan fingerprint density at radius 3 is 2.67 bits per heavy atom. The first-order valence-electron chi connectivity index (χ1n) is 6.54. The minimum atomic E-state index is 0.414. The highest BCUT2D eigenvalue weighted by molar-refractivity contribution is 7.99. The number of thioether (sulfide) groups is 1. The molecule has 0 saturated carbocycles. The summed E-state index contributed by atoms with van der Waals surface area (Å²) in [5.41, 5.74) is 7.90. The van der Waals surface area contributed by atoms with E-state index in [1.165, 1.54) is 4.90 Å². The van der Waals surface area contributed by atoms with Crippen molar-refractivity contribution in [1.29, 1.82) is 0 Å². The number of anilines is 1. The quantitative estimate of drug-likeness (QED) is 0.743. The van der Waals surface area contributed by atoms with Crippen molar-refractivity contribution in [1.82, 2.24) is 15.1 Å². The summed E-state index contributed by atoms with van der Waals surface area (Å²) in [7, 11) is 0. The van der Waals surface area contributed by atoms with Crippen molar-refractivity contribution in [2.45, 2.75) is 11.8 Å². The molecule has 0 bridgehead atoms. The van der Waals surface area contributed by atoms with Crippen LogP contribution in [0.25, 0.3) is 22.8 Å². The summed E-state index contributed by atoms with van der Waals surface area (Å²) in [5, 5.41) is 4.01. The van der Waals surface area contributed by atoms with Gasteiger partial charge in [-0.2, -0.15) is 4.98 Å². The zero-order valence-corrected chi connectivity index (χ0v) is 12.3. The van der Waals surface area contributed by atoms with Gasteiger partial charge in [0, 0.05) is 22.9 Å². The second kappa shape index (κ2) is 5.97. The Kier molecular flexibility index (Phi) is 3.87. The number of nitrogens with two attached hydrogens (primary N) is 1. The van der Waals surface area contributed by atoms with Gasteiger partial charge in [0.2, 0.25) is 5.82 Å². The lowest BCUT2D eigenvalue weighted by Gasteiger charge is -1.98. The maximum absolute atomic E-state index is 5.70. The van der Waals surface area contributed by atoms with E-state index in [2.05, 4.69) is 34.2 Å². The third-order valence-corrected chi connectivity index (χ3v) is 3.75. The smallest absolute Gasteiger partial charge is 0.259 e. The van der Waals surface area contributed by atoms with Crippen LogP contribution in [0, 0.1) is 0 Å². The van der Waals surface area contributed by atoms with Gasteiger partial charge < -0.3 is 10.3 Å². The normalized spacial score (nSPS) is 10.7. The number of hydrogen-bond donors (Lipinski definition) is 1. The number of rotatable bonds is 4. The lowest BCUT2D eigenvalue weighted by atomic mass is 10.2. The second-order valence-electron chi connectivity index (χ2n) is 4.39. The Labute approximate surface area is 126 Å². The molecule has 0 atom stereocenters. The van der Waals surface area contributed by atoms with E-state index in [0.29, 0.717) is 23.0 Å². The van der Waals surface area contributed by atoms with Crippen molar-refractivity contribution >= 4 is 17.4 Å². The van der Waals surface area contributed by atoms with E-state index in [4.69, 9.17) is 10.3 Å². The van der Waals surface area contributed by atoms with Crippen molar-refractivity contribution in [3.63, 3.8) is 0 Å². The van der Waals surface area contributed by atoms with Crippen LogP contribution in [0.2, 0.25) is 0 Å². The van der Waals surface area contributed by atoms with Crippen LogP contribution < -0.4 is 5.73 Å². The van der Waals surface area contributed by atoms with E-state index in [1.54, 1.807) is 30.2 Å². The Balaban J connectivity index is 1.87. The molecule has 0 aliphatic heterocycles. The van der Waals surface area contributed by atoms with E-state index in [1.807, 2.05) is 12.1 Å². The van der Waals surface area contributed by atoms with E-state index in [0.717, 1.165) is 11.3 Å². The summed E-state index contributed by atoms with van der Waals surface area (Å²) in [6, 6.07) is 9.85. The number of hydrogen-bond acceptors (Lipinski definition) is 6. The highest BCUT2D eigenvalue weighted by atomic mass is 32.2. The molecule has 3 rings (SSSR count). The monoisotopic (exact) mass is 298 g/mol. The summed E-state index contributed by atoms with van der Waals surface area (Å²) in [5.74, 6) is 2.02. The molecule has 0 spiro atoms. The van der Waals surface area contributed by atoms with Crippen molar-refractivity contribution in [2.24, 2.45) is 0 Å². The van der Waals surface area contributed by atoms with Gasteiger partial charge in [0.15, 0.2) is 0 Å². The summed E-state index contributed by atoms with van der Waals surface area (Å²) >= 11 is 1.80. The average molecular weight is 298 g/mol. The molecular formula is C15H14N4OS. The summed E-state index contributed by atoms with van der Waals surface area (Å²) in [6.07, 6.45) is 3.22. The van der Waals surface area contributed by atoms with Gasteiger partial charge in [-0.1, -0.05) is 12.1 Å². The van der Waals surface area contributed by atoms with Gasteiger partial charge >= 0.3 is 0 Å². The average Bonchev–Trinajstić information content (AvgIpc) is 2.98. The number of benzene rings is 1. The molecule has 0 unspecified atom stereocenters. The molecule has 106 valence electrons. The van der Waals surface area contributed by atoms with Crippen molar-refractivity contribution < 1.29 is 4.52 Å². The molecule has 21 heavy (non-hydrogen) atoms. The summed E-state index contributed by atoms with van der Waals surface area (Å²) < 4.78 is 5.28. The number of pyridine rings is 1. The molecule has 6 heteroatoms. The van der Waals surface area contributed by atoms with E-state index in [9.17, 15) is 0 Å². The maximum atomic E-state index is 5.70. The maximum Gasteiger partial charge on any atom is 0.259 e. The number of nitrogen functional groups attached to an aromatic ring is 1. The summed E-state index contributed by atoms with van der Waals surface area (Å²) in [6.45, 7) is 2.13. The molecule has 2 heterocycles. The first kappa shape index (κ1) is 13.6. The zero-order valence-electron chi connectivity index (χ0n) is 11.5. The Bertz CT molecular complexity index is 739. The molecule has 0 saturated heterocycles. The largest absolute Gasteiger partial charge is 0.397 e. The van der Waals surface area contributed by atoms with Gasteiger partial charge in [0.25, 0.3) is 5.89 Å². The van der Waals surface area contributed by atoms with Crippen LogP contribution in [0.15, 0.2) is 52.1 Å². The highest BCUT2D eigenvalue weighted by Gasteiger charge is 2.11. The van der Waals surface area contributed by atoms with Crippen LogP contribution in [0.1, 0.15) is 6.92 Å². The molecule has 0 amide bonds. The molecule has 0 radical (unpaired) electrons. The lowest BCUT2D eigenvalue weighted by Crippen LogP contribution is -1.87. The third kappa shape index (κ3) is 3.05. The Morgan fingerprint density at radius 1 is 1.14 bits per heavy atom. The molecule has 0 fully saturated rings. The SMILES string of the molecule is CCSc1ccc(-c2noc(-c3cncc(N)c3)n2)cc1. The molecule has 2 N–H and O–H groups in total. The van der Waals surface area contributed by atoms with Crippen LogP contribution in [0.3, 0.4) is 0 Å². The Hall–Kier alpha value is -2.34. The van der Waals surface area contributed by atoms with Crippen LogP contribution in [0.4, 0.5) is 5.69 Å². The Morgan fingerprint density at radius 2 is 1.95 bits per heavy atom. The molecule has 1 aromatic carbocycles. The van der Waals surface area contributed by atoms with E-state index < -0.39 is 0 Å². The highest BCUT2D eigenvalue weighted by Crippen LogP contribution is 2.25. The fourth-order valence-corrected chi connectivity index (χ4v) is 2.56. The number of aromatic nitrogens is 3. The van der Waals surface area contributed by atoms with Gasteiger partial charge in [-0.05, 0) is 36.1 Å². The molecule has 0 aliphatic carbocycles. The predicted octanol–water partition coefficient (Wildman–Crippen LogP) is 3.49. The fraction of sp³-hybridized carbons (Fsp3) is 0.133. The molecular weight excluding hydrogens is 284 g/mol. The van der Waals surface area contributed by atoms with Crippen molar-refractivity contribution in [3.05, 3.63) is 42.7 Å². The number of nitrogens with zero attached hydrogens (tertiary/aromatic N) is 3. The fourth-order valence-electron chi connectivity index (χ4n) is 1.90. The topological polar surface area (TPSA) is 77.8 Å². The van der Waals surface area contributed by atoms with E-state index in [-0.39, 0.29) is 0 Å². The van der Waals surface area contributed by atoms with Crippen LogP contribution >= 0.6 is 11.8 Å². The molecule has 0 aliphatic rings. The van der Waals surface area contributed by atoms with Crippen molar-refractivity contribution in [3.8, 4) is 22.8 Å². The lowest BCUT2D eigenvalue weighted by molar-refractivity contribution is 0.432. The minimum Gasteiger partial charge on any atom is -0.397 e. The first-order chi connectivity index (χ1) is 10.3. The van der Waals surface area contributed by atoms with Crippen LogP contribution in [-0.4, -0.2) is 20.9 Å². The second-order valence-corrected chi connectivity index (χ2v) is 5.72. The predicted molar refractivity (Wildman–Crippen MR) is 83.8 cm³/mol. The molecule has 5 nitrogen and oxygen atoms in total. The first-order valence-corrected chi connectivity index (χ1v) is 7.52. The molecule has 3 aromatic rings. The van der Waals surface area contributed by atoms with Crippen LogP contribution in [-0.2, 0) is 0 Å². The van der Waals surface area contributed by atoms with Gasteiger partial charge in [-0.15, -0.1) is 11.8 Å². The zero-order chi connectivity index (χ0) is 14.7. The minimum absolute atomic E-state index is 0.414. The van der Waals surface area contributed by atoms with Crippen LogP contribution in [0.5, 0.6) is 0 Å². The van der Waals surface area contributed by atoms with E-state index >= 15 is 0 Å². The standard InChI is InChI=1S/C15H14N4OS/c1-2-21-13-5-3-10(4-6-13)14-18-15(20-19-14)11-7-12(16)9-17-8-11/h3-9H,2,16H2,1H3. The van der Waals surface area contributed by atoms with Crippen molar-refractivity contribution in [2.75, 3.05) is 11.5 Å². The van der Waals surface area contributed by atoms with Gasteiger partial charge in [-0.3, -0.25) is 4.98 Å². The summed E-state index contributed by atoms with van der Waals surface area (Å²) in [4.78, 5) is 9.63. The van der Waals surface area contributed by atoms with Gasteiger partial charge in [0.1, 0.15) is 0 Å². The third-order valence-electron chi connectivity index (χ3n) is 2.86. The molecule has 2 aromatic heterocycles. The van der Waals surface area contributed by atoms with Gasteiger partial charge in [-0.25, -0.2) is 0 Å².